The van der Waals surface area contributed by atoms with Crippen molar-refractivity contribution in [3.8, 4) is 0 Å². The van der Waals surface area contributed by atoms with Gasteiger partial charge in [0, 0.05) is 4.47 Å². The lowest BCUT2D eigenvalue weighted by Crippen LogP contribution is -1.90. The summed E-state index contributed by atoms with van der Waals surface area (Å²) in [6.45, 7) is 2.15. The van der Waals surface area contributed by atoms with Gasteiger partial charge in [-0.2, -0.15) is 12.6 Å². The van der Waals surface area contributed by atoms with E-state index in [-0.39, 0.29) is 0 Å². The van der Waals surface area contributed by atoms with Crippen LogP contribution in [-0.2, 0) is 6.42 Å². The van der Waals surface area contributed by atoms with Crippen molar-refractivity contribution in [3.63, 3.8) is 0 Å². The molecule has 0 spiro atoms. The molecular formula is C10H13BrS. The van der Waals surface area contributed by atoms with Crippen LogP contribution in [0.2, 0.25) is 0 Å². The van der Waals surface area contributed by atoms with E-state index in [1.54, 1.807) is 0 Å². The van der Waals surface area contributed by atoms with Crippen LogP contribution in [0.15, 0.2) is 22.7 Å². The van der Waals surface area contributed by atoms with Gasteiger partial charge in [-0.15, -0.1) is 0 Å². The summed E-state index contributed by atoms with van der Waals surface area (Å²) in [7, 11) is 0. The fraction of sp³-hybridized carbons (Fsp3) is 0.400. The average Bonchev–Trinajstić information content (AvgIpc) is 2.08. The molecule has 0 unspecified atom stereocenters. The van der Waals surface area contributed by atoms with Gasteiger partial charge < -0.3 is 0 Å². The molecule has 1 aromatic carbocycles. The Morgan fingerprint density at radius 1 is 1.42 bits per heavy atom. The predicted molar refractivity (Wildman–Crippen MR) is 61.1 cm³/mol. The summed E-state index contributed by atoms with van der Waals surface area (Å²) in [6.07, 6.45) is 2.29. The van der Waals surface area contributed by atoms with Gasteiger partial charge in [-0.25, -0.2) is 0 Å². The Morgan fingerprint density at radius 3 is 2.83 bits per heavy atom. The average molecular weight is 245 g/mol. The second kappa shape index (κ2) is 4.93. The van der Waals surface area contributed by atoms with Gasteiger partial charge in [0.2, 0.25) is 0 Å². The first kappa shape index (κ1) is 10.1. The molecule has 12 heavy (non-hydrogen) atoms. The Bertz CT molecular complexity index is 258. The summed E-state index contributed by atoms with van der Waals surface area (Å²) in [6, 6.07) is 6.36. The molecule has 66 valence electrons. The fourth-order valence-electron chi connectivity index (χ4n) is 1.19. The Balaban J connectivity index is 2.78. The van der Waals surface area contributed by atoms with Crippen molar-refractivity contribution in [3.05, 3.63) is 33.8 Å². The van der Waals surface area contributed by atoms with Crippen LogP contribution in [-0.4, -0.2) is 5.75 Å². The van der Waals surface area contributed by atoms with Crippen molar-refractivity contribution in [2.75, 3.05) is 5.75 Å². The largest absolute Gasteiger partial charge is 0.179 e. The molecule has 2 heteroatoms. The summed E-state index contributed by atoms with van der Waals surface area (Å²) in [5.74, 6) is 0.964. The Morgan fingerprint density at radius 2 is 2.17 bits per heavy atom. The van der Waals surface area contributed by atoms with Crippen molar-refractivity contribution in [1.29, 1.82) is 0 Å². The second-order valence-electron chi connectivity index (χ2n) is 2.85. The van der Waals surface area contributed by atoms with E-state index in [1.807, 2.05) is 0 Å². The third kappa shape index (κ3) is 2.53. The smallest absolute Gasteiger partial charge is 0.0207 e. The molecule has 0 saturated carbocycles. The molecule has 0 fully saturated rings. The van der Waals surface area contributed by atoms with E-state index in [1.165, 1.54) is 15.6 Å². The van der Waals surface area contributed by atoms with Gasteiger partial charge in [0.15, 0.2) is 0 Å². The molecule has 0 aromatic heterocycles. The second-order valence-corrected chi connectivity index (χ2v) is 4.15. The van der Waals surface area contributed by atoms with Crippen molar-refractivity contribution < 1.29 is 0 Å². The number of benzene rings is 1. The zero-order valence-corrected chi connectivity index (χ0v) is 9.66. The van der Waals surface area contributed by atoms with Gasteiger partial charge in [-0.05, 0) is 42.7 Å². The molecule has 0 nitrogen and oxygen atoms in total. The first-order valence-corrected chi connectivity index (χ1v) is 5.53. The van der Waals surface area contributed by atoms with E-state index in [2.05, 4.69) is 53.7 Å². The lowest BCUT2D eigenvalue weighted by Gasteiger charge is -2.05. The first-order chi connectivity index (χ1) is 5.75. The van der Waals surface area contributed by atoms with Crippen LogP contribution >= 0.6 is 28.6 Å². The minimum Gasteiger partial charge on any atom is -0.179 e. The van der Waals surface area contributed by atoms with E-state index in [0.717, 1.165) is 18.6 Å². The molecule has 0 aliphatic carbocycles. The maximum Gasteiger partial charge on any atom is 0.0207 e. The Labute approximate surface area is 87.9 Å². The number of hydrogen-bond acceptors (Lipinski definition) is 1. The summed E-state index contributed by atoms with van der Waals surface area (Å²) in [5.41, 5.74) is 2.79. The van der Waals surface area contributed by atoms with Crippen LogP contribution in [0.25, 0.3) is 0 Å². The van der Waals surface area contributed by atoms with Crippen molar-refractivity contribution in [2.45, 2.75) is 19.8 Å². The van der Waals surface area contributed by atoms with Crippen molar-refractivity contribution >= 4 is 28.6 Å². The maximum atomic E-state index is 4.20. The zero-order chi connectivity index (χ0) is 8.97. The molecule has 0 atom stereocenters. The summed E-state index contributed by atoms with van der Waals surface area (Å²) >= 11 is 7.72. The third-order valence-corrected chi connectivity index (χ3v) is 3.16. The molecule has 0 heterocycles. The molecule has 0 aliphatic heterocycles. The van der Waals surface area contributed by atoms with Crippen LogP contribution in [0.3, 0.4) is 0 Å². The van der Waals surface area contributed by atoms with Crippen LogP contribution in [0, 0.1) is 6.92 Å². The first-order valence-electron chi connectivity index (χ1n) is 4.10. The van der Waals surface area contributed by atoms with E-state index in [4.69, 9.17) is 0 Å². The number of aryl methyl sites for hydroxylation is 1. The molecule has 0 saturated heterocycles. The minimum absolute atomic E-state index is 0.964. The Kier molecular flexibility index (Phi) is 4.16. The van der Waals surface area contributed by atoms with Crippen molar-refractivity contribution in [1.82, 2.24) is 0 Å². The van der Waals surface area contributed by atoms with Gasteiger partial charge in [-0.3, -0.25) is 0 Å². The predicted octanol–water partition coefficient (Wildman–Crippen LogP) is 3.62. The quantitative estimate of drug-likeness (QED) is 0.772. The Hall–Kier alpha value is 0.0500. The number of rotatable bonds is 3. The molecule has 0 N–H and O–H groups in total. The number of thiol groups is 1. The topological polar surface area (TPSA) is 0 Å². The minimum atomic E-state index is 0.964. The third-order valence-electron chi connectivity index (χ3n) is 1.98. The van der Waals surface area contributed by atoms with Crippen LogP contribution < -0.4 is 0 Å². The van der Waals surface area contributed by atoms with Crippen LogP contribution in [0.4, 0.5) is 0 Å². The monoisotopic (exact) mass is 244 g/mol. The summed E-state index contributed by atoms with van der Waals surface area (Å²) in [4.78, 5) is 0. The van der Waals surface area contributed by atoms with Gasteiger partial charge in [0.1, 0.15) is 0 Å². The number of hydrogen-bond donors (Lipinski definition) is 1. The highest BCUT2D eigenvalue weighted by Crippen LogP contribution is 2.20. The van der Waals surface area contributed by atoms with E-state index in [0.29, 0.717) is 0 Å². The molecule has 0 aliphatic rings. The molecule has 0 bridgehead atoms. The molecule has 0 radical (unpaired) electrons. The van der Waals surface area contributed by atoms with Crippen molar-refractivity contribution in [2.24, 2.45) is 0 Å². The fourth-order valence-corrected chi connectivity index (χ4v) is 1.76. The highest BCUT2D eigenvalue weighted by molar-refractivity contribution is 9.10. The van der Waals surface area contributed by atoms with Gasteiger partial charge in [0.25, 0.3) is 0 Å². The highest BCUT2D eigenvalue weighted by Gasteiger charge is 1.99. The summed E-state index contributed by atoms with van der Waals surface area (Å²) < 4.78 is 1.21. The van der Waals surface area contributed by atoms with Gasteiger partial charge in [0.05, 0.1) is 0 Å². The van der Waals surface area contributed by atoms with E-state index in [9.17, 15) is 0 Å². The number of halogens is 1. The van der Waals surface area contributed by atoms with E-state index < -0.39 is 0 Å². The van der Waals surface area contributed by atoms with Crippen LogP contribution in [0.1, 0.15) is 17.5 Å². The zero-order valence-electron chi connectivity index (χ0n) is 7.18. The molecular weight excluding hydrogens is 232 g/mol. The SMILES string of the molecule is Cc1c(Br)cccc1CCCS. The lowest BCUT2D eigenvalue weighted by atomic mass is 10.1. The molecule has 1 aromatic rings. The molecule has 0 amide bonds. The van der Waals surface area contributed by atoms with E-state index >= 15 is 0 Å². The standard InChI is InChI=1S/C10H13BrS/c1-8-9(5-3-7-12)4-2-6-10(8)11/h2,4,6,12H,3,5,7H2,1H3. The van der Waals surface area contributed by atoms with Gasteiger partial charge in [-0.1, -0.05) is 28.1 Å². The van der Waals surface area contributed by atoms with Gasteiger partial charge >= 0.3 is 0 Å². The lowest BCUT2D eigenvalue weighted by molar-refractivity contribution is 0.925. The highest BCUT2D eigenvalue weighted by atomic mass is 79.9. The normalized spacial score (nSPS) is 10.2. The molecule has 1 rings (SSSR count). The maximum absolute atomic E-state index is 4.20. The summed E-state index contributed by atoms with van der Waals surface area (Å²) in [5, 5.41) is 0. The van der Waals surface area contributed by atoms with Crippen LogP contribution in [0.5, 0.6) is 0 Å².